The SMILES string of the molecule is COCC(=O)Nc1ccc([C@H]2SCC(=O)N2c2ccccc2OC)cc1. The predicted molar refractivity (Wildman–Crippen MR) is 103 cm³/mol. The average Bonchev–Trinajstić information content (AvgIpc) is 3.04. The van der Waals surface area contributed by atoms with Gasteiger partial charge in [-0.1, -0.05) is 24.3 Å². The van der Waals surface area contributed by atoms with Crippen molar-refractivity contribution in [2.45, 2.75) is 5.37 Å². The largest absolute Gasteiger partial charge is 0.495 e. The van der Waals surface area contributed by atoms with Crippen LogP contribution in [0.25, 0.3) is 0 Å². The molecule has 2 amide bonds. The molecule has 6 nitrogen and oxygen atoms in total. The number of anilines is 2. The van der Waals surface area contributed by atoms with E-state index in [0.29, 0.717) is 17.2 Å². The molecule has 1 atom stereocenters. The summed E-state index contributed by atoms with van der Waals surface area (Å²) < 4.78 is 10.2. The van der Waals surface area contributed by atoms with Gasteiger partial charge in [-0.05, 0) is 29.8 Å². The minimum absolute atomic E-state index is 0.0102. The van der Waals surface area contributed by atoms with E-state index in [1.165, 1.54) is 7.11 Å². The van der Waals surface area contributed by atoms with Crippen LogP contribution in [-0.4, -0.2) is 38.4 Å². The van der Waals surface area contributed by atoms with Gasteiger partial charge in [-0.3, -0.25) is 14.5 Å². The number of benzene rings is 2. The molecule has 1 N–H and O–H groups in total. The normalized spacial score (nSPS) is 16.6. The van der Waals surface area contributed by atoms with Gasteiger partial charge < -0.3 is 14.8 Å². The van der Waals surface area contributed by atoms with Gasteiger partial charge in [-0.25, -0.2) is 0 Å². The molecule has 0 saturated carbocycles. The Hall–Kier alpha value is -2.51. The number of methoxy groups -OCH3 is 2. The lowest BCUT2D eigenvalue weighted by molar-refractivity contribution is -0.119. The van der Waals surface area contributed by atoms with Crippen molar-refractivity contribution >= 4 is 35.0 Å². The number of carbonyl (C=O) groups excluding carboxylic acids is 2. The van der Waals surface area contributed by atoms with E-state index in [4.69, 9.17) is 9.47 Å². The van der Waals surface area contributed by atoms with Crippen LogP contribution in [0.1, 0.15) is 10.9 Å². The van der Waals surface area contributed by atoms with Gasteiger partial charge in [0.05, 0.1) is 18.6 Å². The number of carbonyl (C=O) groups is 2. The molecule has 1 aliphatic heterocycles. The van der Waals surface area contributed by atoms with Crippen LogP contribution < -0.4 is 15.0 Å². The van der Waals surface area contributed by atoms with Crippen molar-refractivity contribution in [3.8, 4) is 5.75 Å². The predicted octanol–water partition coefficient (Wildman–Crippen LogP) is 3.06. The number of amides is 2. The fourth-order valence-electron chi connectivity index (χ4n) is 2.82. The van der Waals surface area contributed by atoms with Crippen LogP contribution >= 0.6 is 11.8 Å². The topological polar surface area (TPSA) is 67.9 Å². The lowest BCUT2D eigenvalue weighted by Gasteiger charge is -2.26. The third-order valence-corrected chi connectivity index (χ3v) is 5.18. The fourth-order valence-corrected chi connectivity index (χ4v) is 3.99. The summed E-state index contributed by atoms with van der Waals surface area (Å²) in [5.41, 5.74) is 2.43. The van der Waals surface area contributed by atoms with Crippen molar-refractivity contribution in [2.75, 3.05) is 36.8 Å². The molecule has 0 bridgehead atoms. The van der Waals surface area contributed by atoms with Crippen LogP contribution in [-0.2, 0) is 14.3 Å². The molecule has 0 aliphatic carbocycles. The summed E-state index contributed by atoms with van der Waals surface area (Å²) in [5.74, 6) is 0.912. The third kappa shape index (κ3) is 3.84. The highest BCUT2D eigenvalue weighted by Gasteiger charge is 2.35. The highest BCUT2D eigenvalue weighted by molar-refractivity contribution is 8.00. The van der Waals surface area contributed by atoms with Crippen LogP contribution in [0.3, 0.4) is 0 Å². The molecular formula is C19H20N2O4S. The van der Waals surface area contributed by atoms with E-state index in [1.807, 2.05) is 48.5 Å². The summed E-state index contributed by atoms with van der Waals surface area (Å²) in [7, 11) is 3.07. The molecule has 0 aromatic heterocycles. The van der Waals surface area contributed by atoms with Crippen molar-refractivity contribution in [3.63, 3.8) is 0 Å². The summed E-state index contributed by atoms with van der Waals surface area (Å²) in [6.45, 7) is 0.0102. The van der Waals surface area contributed by atoms with E-state index in [2.05, 4.69) is 5.32 Å². The zero-order chi connectivity index (χ0) is 18.5. The Morgan fingerprint density at radius 2 is 1.92 bits per heavy atom. The third-order valence-electron chi connectivity index (χ3n) is 3.97. The van der Waals surface area contributed by atoms with Gasteiger partial charge in [0.15, 0.2) is 0 Å². The quantitative estimate of drug-likeness (QED) is 0.844. The summed E-state index contributed by atoms with van der Waals surface area (Å²) in [4.78, 5) is 25.9. The second-order valence-electron chi connectivity index (χ2n) is 5.70. The molecule has 2 aromatic rings. The van der Waals surface area contributed by atoms with Gasteiger partial charge in [-0.15, -0.1) is 11.8 Å². The lowest BCUT2D eigenvalue weighted by atomic mass is 10.1. The summed E-state index contributed by atoms with van der Waals surface area (Å²) >= 11 is 1.57. The number of thioether (sulfide) groups is 1. The van der Waals surface area contributed by atoms with Gasteiger partial charge in [0.25, 0.3) is 0 Å². The lowest BCUT2D eigenvalue weighted by Crippen LogP contribution is -2.28. The van der Waals surface area contributed by atoms with Gasteiger partial charge in [0.2, 0.25) is 11.8 Å². The molecule has 1 heterocycles. The average molecular weight is 372 g/mol. The standard InChI is InChI=1S/C19H20N2O4S/c1-24-11-17(22)20-14-9-7-13(8-10-14)19-21(18(23)12-26-19)15-5-3-4-6-16(15)25-2/h3-10,19H,11-12H2,1-2H3,(H,20,22)/t19-/m1/s1. The Labute approximate surface area is 156 Å². The molecule has 26 heavy (non-hydrogen) atoms. The van der Waals surface area contributed by atoms with Crippen molar-refractivity contribution < 1.29 is 19.1 Å². The molecule has 2 aromatic carbocycles. The minimum Gasteiger partial charge on any atom is -0.495 e. The van der Waals surface area contributed by atoms with Gasteiger partial charge >= 0.3 is 0 Å². The van der Waals surface area contributed by atoms with E-state index >= 15 is 0 Å². The van der Waals surface area contributed by atoms with Crippen LogP contribution in [0.2, 0.25) is 0 Å². The van der Waals surface area contributed by atoms with E-state index in [-0.39, 0.29) is 23.8 Å². The van der Waals surface area contributed by atoms with Crippen molar-refractivity contribution in [3.05, 3.63) is 54.1 Å². The molecular weight excluding hydrogens is 352 g/mol. The maximum Gasteiger partial charge on any atom is 0.250 e. The zero-order valence-corrected chi connectivity index (χ0v) is 15.4. The molecule has 1 aliphatic rings. The Morgan fingerprint density at radius 3 is 2.62 bits per heavy atom. The highest BCUT2D eigenvalue weighted by atomic mass is 32.2. The maximum atomic E-state index is 12.5. The van der Waals surface area contributed by atoms with Crippen LogP contribution in [0.5, 0.6) is 5.75 Å². The van der Waals surface area contributed by atoms with Crippen LogP contribution in [0.15, 0.2) is 48.5 Å². The maximum absolute atomic E-state index is 12.5. The van der Waals surface area contributed by atoms with Crippen LogP contribution in [0.4, 0.5) is 11.4 Å². The second kappa shape index (κ2) is 8.25. The first-order valence-corrected chi connectivity index (χ1v) is 9.14. The number of rotatable bonds is 6. The Kier molecular flexibility index (Phi) is 5.80. The number of ether oxygens (including phenoxy) is 2. The van der Waals surface area contributed by atoms with Gasteiger partial charge in [0, 0.05) is 12.8 Å². The molecule has 1 fully saturated rings. The molecule has 0 spiro atoms. The second-order valence-corrected chi connectivity index (χ2v) is 6.77. The van der Waals surface area contributed by atoms with E-state index < -0.39 is 0 Å². The smallest absolute Gasteiger partial charge is 0.250 e. The first-order chi connectivity index (χ1) is 12.6. The number of para-hydroxylation sites is 2. The van der Waals surface area contributed by atoms with Crippen molar-refractivity contribution in [1.82, 2.24) is 0 Å². The monoisotopic (exact) mass is 372 g/mol. The Morgan fingerprint density at radius 1 is 1.19 bits per heavy atom. The summed E-state index contributed by atoms with van der Waals surface area (Å²) in [6, 6.07) is 15.0. The molecule has 0 radical (unpaired) electrons. The van der Waals surface area contributed by atoms with Crippen molar-refractivity contribution in [2.24, 2.45) is 0 Å². The minimum atomic E-state index is -0.207. The number of hydrogen-bond donors (Lipinski definition) is 1. The molecule has 0 unspecified atom stereocenters. The summed E-state index contributed by atoms with van der Waals surface area (Å²) in [6.07, 6.45) is 0. The fraction of sp³-hybridized carbons (Fsp3) is 0.263. The van der Waals surface area contributed by atoms with Crippen molar-refractivity contribution in [1.29, 1.82) is 0 Å². The number of hydrogen-bond acceptors (Lipinski definition) is 5. The highest BCUT2D eigenvalue weighted by Crippen LogP contribution is 2.44. The molecule has 7 heteroatoms. The zero-order valence-electron chi connectivity index (χ0n) is 14.6. The van der Waals surface area contributed by atoms with E-state index in [0.717, 1.165) is 11.3 Å². The first-order valence-electron chi connectivity index (χ1n) is 8.09. The number of nitrogens with zero attached hydrogens (tertiary/aromatic N) is 1. The Balaban J connectivity index is 1.83. The molecule has 3 rings (SSSR count). The number of nitrogens with one attached hydrogen (secondary N) is 1. The van der Waals surface area contributed by atoms with Gasteiger partial charge in [0.1, 0.15) is 17.7 Å². The van der Waals surface area contributed by atoms with E-state index in [9.17, 15) is 9.59 Å². The first kappa shape index (κ1) is 18.3. The molecule has 1 saturated heterocycles. The van der Waals surface area contributed by atoms with E-state index in [1.54, 1.807) is 23.8 Å². The Bertz CT molecular complexity index is 794. The van der Waals surface area contributed by atoms with Crippen LogP contribution in [0, 0.1) is 0 Å². The summed E-state index contributed by atoms with van der Waals surface area (Å²) in [5, 5.41) is 2.62. The molecule has 136 valence electrons. The van der Waals surface area contributed by atoms with Gasteiger partial charge in [-0.2, -0.15) is 0 Å².